The highest BCUT2D eigenvalue weighted by Crippen LogP contribution is 2.31. The predicted octanol–water partition coefficient (Wildman–Crippen LogP) is 2.91. The highest BCUT2D eigenvalue weighted by Gasteiger charge is 2.23. The highest BCUT2D eigenvalue weighted by atomic mass is 19.1. The van der Waals surface area contributed by atoms with E-state index in [4.69, 9.17) is 0 Å². The van der Waals surface area contributed by atoms with Crippen LogP contribution in [-0.2, 0) is 0 Å². The summed E-state index contributed by atoms with van der Waals surface area (Å²) in [6.07, 6.45) is 2.19. The smallest absolute Gasteiger partial charge is 0.368 e. The van der Waals surface area contributed by atoms with Gasteiger partial charge in [0, 0.05) is 30.4 Å². The zero-order valence-corrected chi connectivity index (χ0v) is 15.8. The Morgan fingerprint density at radius 2 is 2.07 bits per heavy atom. The number of aliphatic hydroxyl groups is 1. The third-order valence-corrected chi connectivity index (χ3v) is 5.16. The van der Waals surface area contributed by atoms with Crippen molar-refractivity contribution in [2.24, 2.45) is 0 Å². The van der Waals surface area contributed by atoms with Gasteiger partial charge in [-0.25, -0.2) is 9.37 Å². The van der Waals surface area contributed by atoms with Gasteiger partial charge in [0.05, 0.1) is 12.1 Å². The van der Waals surface area contributed by atoms with Crippen molar-refractivity contribution in [2.45, 2.75) is 31.9 Å². The molecule has 1 aliphatic heterocycles. The lowest BCUT2D eigenvalue weighted by Crippen LogP contribution is -2.36. The largest absolute Gasteiger partial charge is 0.393 e. The quantitative estimate of drug-likeness (QED) is 0.501. The fourth-order valence-electron chi connectivity index (χ4n) is 3.63. The Hall–Kier alpha value is -3.27. The fraction of sp³-hybridized carbons (Fsp3) is 0.368. The van der Waals surface area contributed by atoms with E-state index in [1.165, 1.54) is 12.1 Å². The van der Waals surface area contributed by atoms with E-state index >= 15 is 0 Å². The number of anilines is 2. The number of nitro groups is 1. The monoisotopic (exact) mass is 400 g/mol. The lowest BCUT2D eigenvalue weighted by molar-refractivity contribution is -0.391. The molecule has 29 heavy (non-hydrogen) atoms. The van der Waals surface area contributed by atoms with Gasteiger partial charge in [0.25, 0.3) is 0 Å². The van der Waals surface area contributed by atoms with E-state index in [1.54, 1.807) is 18.2 Å². The number of nitrogens with zero attached hydrogens (tertiary/aromatic N) is 5. The Morgan fingerprint density at radius 1 is 1.31 bits per heavy atom. The third-order valence-electron chi connectivity index (χ3n) is 5.16. The molecule has 3 heterocycles. The number of imidazole rings is 1. The van der Waals surface area contributed by atoms with Gasteiger partial charge in [-0.3, -0.25) is 0 Å². The number of halogens is 1. The zero-order chi connectivity index (χ0) is 20.5. The van der Waals surface area contributed by atoms with Crippen LogP contribution in [0.4, 0.5) is 21.7 Å². The zero-order valence-electron chi connectivity index (χ0n) is 15.8. The molecule has 0 bridgehead atoms. The van der Waals surface area contributed by atoms with Crippen LogP contribution in [0.25, 0.3) is 5.65 Å². The van der Waals surface area contributed by atoms with E-state index in [1.807, 2.05) is 6.92 Å². The number of rotatable bonds is 5. The molecule has 4 rings (SSSR count). The average Bonchev–Trinajstić information content (AvgIpc) is 3.12. The Bertz CT molecular complexity index is 1050. The number of benzene rings is 1. The number of aliphatic hydroxyl groups excluding tert-OH is 1. The van der Waals surface area contributed by atoms with Gasteiger partial charge in [0.2, 0.25) is 5.65 Å². The maximum atomic E-state index is 14.0. The van der Waals surface area contributed by atoms with Crippen LogP contribution >= 0.6 is 0 Å². The van der Waals surface area contributed by atoms with Crippen molar-refractivity contribution >= 4 is 23.0 Å². The molecule has 1 aliphatic rings. The number of piperidine rings is 1. The molecule has 1 aromatic carbocycles. The van der Waals surface area contributed by atoms with Crippen LogP contribution in [0, 0.1) is 15.9 Å². The van der Waals surface area contributed by atoms with Crippen LogP contribution in [0.2, 0.25) is 0 Å². The van der Waals surface area contributed by atoms with Crippen LogP contribution < -0.4 is 10.2 Å². The molecule has 2 N–H and O–H groups in total. The Morgan fingerprint density at radius 3 is 2.79 bits per heavy atom. The molecule has 1 atom stereocenters. The first-order chi connectivity index (χ1) is 13.9. The summed E-state index contributed by atoms with van der Waals surface area (Å²) in [4.78, 5) is 16.7. The first-order valence-corrected chi connectivity index (χ1v) is 9.40. The molecule has 0 radical (unpaired) electrons. The summed E-state index contributed by atoms with van der Waals surface area (Å²) in [5.41, 5.74) is 2.02. The van der Waals surface area contributed by atoms with E-state index in [2.05, 4.69) is 20.3 Å². The van der Waals surface area contributed by atoms with E-state index in [0.717, 1.165) is 22.0 Å². The molecule has 2 aromatic heterocycles. The predicted molar refractivity (Wildman–Crippen MR) is 106 cm³/mol. The standard InChI is InChI=1S/C19H21FN6O3/c1-12(22-17-4-5-18-21-11-19(26(28)29)25(18)23-17)15-10-13(20)2-3-16(15)24-8-6-14(27)7-9-24/h2-5,10-12,14,27H,6-9H2,1H3,(H,22,23). The van der Waals surface area contributed by atoms with Crippen molar-refractivity contribution in [2.75, 3.05) is 23.3 Å². The maximum absolute atomic E-state index is 14.0. The topological polar surface area (TPSA) is 109 Å². The van der Waals surface area contributed by atoms with Crippen molar-refractivity contribution in [1.82, 2.24) is 14.6 Å². The summed E-state index contributed by atoms with van der Waals surface area (Å²) in [5.74, 6) is -0.159. The second-order valence-electron chi connectivity index (χ2n) is 7.15. The molecule has 3 aromatic rings. The first-order valence-electron chi connectivity index (χ1n) is 9.40. The Kier molecular flexibility index (Phi) is 5.01. The van der Waals surface area contributed by atoms with Crippen LogP contribution in [0.3, 0.4) is 0 Å². The lowest BCUT2D eigenvalue weighted by Gasteiger charge is -2.34. The van der Waals surface area contributed by atoms with E-state index in [9.17, 15) is 19.6 Å². The highest BCUT2D eigenvalue weighted by molar-refractivity contribution is 5.58. The van der Waals surface area contributed by atoms with Crippen molar-refractivity contribution in [3.63, 3.8) is 0 Å². The Balaban J connectivity index is 1.62. The molecule has 1 fully saturated rings. The summed E-state index contributed by atoms with van der Waals surface area (Å²) in [7, 11) is 0. The van der Waals surface area contributed by atoms with Crippen LogP contribution in [0.15, 0.2) is 36.5 Å². The van der Waals surface area contributed by atoms with E-state index in [-0.39, 0.29) is 23.8 Å². The van der Waals surface area contributed by atoms with Gasteiger partial charge in [-0.15, -0.1) is 0 Å². The van der Waals surface area contributed by atoms with Gasteiger partial charge < -0.3 is 25.4 Å². The molecule has 1 saturated heterocycles. The first kappa shape index (κ1) is 19.1. The summed E-state index contributed by atoms with van der Waals surface area (Å²) in [5, 5.41) is 28.3. The van der Waals surface area contributed by atoms with Gasteiger partial charge >= 0.3 is 5.82 Å². The minimum absolute atomic E-state index is 0.227. The minimum Gasteiger partial charge on any atom is -0.393 e. The van der Waals surface area contributed by atoms with E-state index in [0.29, 0.717) is 37.4 Å². The van der Waals surface area contributed by atoms with Crippen LogP contribution in [-0.4, -0.2) is 43.8 Å². The maximum Gasteiger partial charge on any atom is 0.368 e. The second-order valence-corrected chi connectivity index (χ2v) is 7.15. The summed E-state index contributed by atoms with van der Waals surface area (Å²) in [6, 6.07) is 7.66. The molecule has 0 amide bonds. The molecule has 10 heteroatoms. The van der Waals surface area contributed by atoms with Gasteiger partial charge in [0.1, 0.15) is 12.0 Å². The van der Waals surface area contributed by atoms with Crippen molar-refractivity contribution < 1.29 is 14.4 Å². The third kappa shape index (κ3) is 3.83. The molecular formula is C19H21FN6O3. The minimum atomic E-state index is -0.546. The number of aromatic nitrogens is 3. The van der Waals surface area contributed by atoms with E-state index < -0.39 is 4.92 Å². The van der Waals surface area contributed by atoms with Gasteiger partial charge in [0.15, 0.2) is 5.82 Å². The molecule has 0 saturated carbocycles. The number of nitrogens with one attached hydrogen (secondary N) is 1. The Labute approximate surface area is 165 Å². The second kappa shape index (κ2) is 7.63. The van der Waals surface area contributed by atoms with Crippen molar-refractivity contribution in [3.05, 3.63) is 58.0 Å². The molecule has 1 unspecified atom stereocenters. The van der Waals surface area contributed by atoms with Crippen LogP contribution in [0.5, 0.6) is 0 Å². The number of fused-ring (bicyclic) bond motifs is 1. The van der Waals surface area contributed by atoms with Crippen molar-refractivity contribution in [3.8, 4) is 0 Å². The SMILES string of the molecule is CC(Nc1ccc2ncc([N+](=O)[O-])n2n1)c1cc(F)ccc1N1CCC(O)CC1. The summed E-state index contributed by atoms with van der Waals surface area (Å²) >= 11 is 0. The fourth-order valence-corrected chi connectivity index (χ4v) is 3.63. The molecule has 9 nitrogen and oxygen atoms in total. The average molecular weight is 400 g/mol. The summed E-state index contributed by atoms with van der Waals surface area (Å²) < 4.78 is 15.2. The normalized spacial score (nSPS) is 16.2. The number of hydrogen-bond acceptors (Lipinski definition) is 7. The molecule has 152 valence electrons. The van der Waals surface area contributed by atoms with Crippen LogP contribution in [0.1, 0.15) is 31.4 Å². The summed E-state index contributed by atoms with van der Waals surface area (Å²) in [6.45, 7) is 3.27. The molecule has 0 aliphatic carbocycles. The van der Waals surface area contributed by atoms with Gasteiger partial charge in [-0.2, -0.15) is 0 Å². The van der Waals surface area contributed by atoms with Gasteiger partial charge in [-0.05, 0) is 49.0 Å². The number of hydrogen-bond donors (Lipinski definition) is 2. The van der Waals surface area contributed by atoms with Gasteiger partial charge in [-0.1, -0.05) is 9.61 Å². The lowest BCUT2D eigenvalue weighted by atomic mass is 10.0. The molecular weight excluding hydrogens is 379 g/mol. The molecule has 0 spiro atoms. The van der Waals surface area contributed by atoms with Crippen molar-refractivity contribution in [1.29, 1.82) is 0 Å².